The Morgan fingerprint density at radius 1 is 1.06 bits per heavy atom. The second kappa shape index (κ2) is 10.2. The molecule has 1 saturated heterocycles. The monoisotopic (exact) mass is 523 g/mol. The second-order valence-corrected chi connectivity index (χ2v) is 11.5. The molecule has 4 atom stereocenters. The minimum Gasteiger partial charge on any atom is -0.340 e. The molecule has 3 N–H and O–H groups in total. The van der Waals surface area contributed by atoms with Crippen LogP contribution in [0.25, 0.3) is 0 Å². The summed E-state index contributed by atoms with van der Waals surface area (Å²) in [5.41, 5.74) is 5.01. The standard InChI is InChI=1S/C25H28F3N3O4S/c26-25(27,28)18-6-4-5-16(13-18)23(32)30-21-11-12-31(24(21)33)22-10-9-19(29)14-17(22)15-36(34,35)20-7-2-1-3-8-20/h1-8,13,17,19,21-22H,9-12,14-15,29H2,(H,30,32)/t17-,19+,21-,22-/m0/s1. The van der Waals surface area contributed by atoms with Gasteiger partial charge in [0.2, 0.25) is 5.91 Å². The van der Waals surface area contributed by atoms with E-state index < -0.39 is 33.5 Å². The molecule has 2 aliphatic rings. The molecule has 2 aromatic rings. The highest BCUT2D eigenvalue weighted by molar-refractivity contribution is 7.91. The van der Waals surface area contributed by atoms with Gasteiger partial charge >= 0.3 is 6.18 Å². The van der Waals surface area contributed by atoms with E-state index in [2.05, 4.69) is 5.32 Å². The summed E-state index contributed by atoms with van der Waals surface area (Å²) in [6.45, 7) is 0.314. The lowest BCUT2D eigenvalue weighted by Crippen LogP contribution is -2.51. The predicted molar refractivity (Wildman–Crippen MR) is 127 cm³/mol. The molecular weight excluding hydrogens is 495 g/mol. The molecule has 7 nitrogen and oxygen atoms in total. The van der Waals surface area contributed by atoms with E-state index in [1.165, 1.54) is 18.2 Å². The van der Waals surface area contributed by atoms with Crippen molar-refractivity contribution >= 4 is 21.7 Å². The highest BCUT2D eigenvalue weighted by Gasteiger charge is 2.43. The summed E-state index contributed by atoms with van der Waals surface area (Å²) < 4.78 is 65.1. The molecule has 1 saturated carbocycles. The van der Waals surface area contributed by atoms with Crippen LogP contribution in [0.2, 0.25) is 0 Å². The number of nitrogens with two attached hydrogens (primary N) is 1. The van der Waals surface area contributed by atoms with Crippen LogP contribution in [0.1, 0.15) is 41.6 Å². The predicted octanol–water partition coefficient (Wildman–Crippen LogP) is 3.01. The molecule has 1 aliphatic heterocycles. The maximum atomic E-state index is 13.2. The molecule has 1 heterocycles. The Kier molecular flexibility index (Phi) is 7.42. The molecule has 2 amide bonds. The number of hydrogen-bond acceptors (Lipinski definition) is 5. The Morgan fingerprint density at radius 3 is 2.47 bits per heavy atom. The Bertz CT molecular complexity index is 1220. The minimum absolute atomic E-state index is 0.152. The Balaban J connectivity index is 1.47. The fourth-order valence-corrected chi connectivity index (χ4v) is 6.81. The Morgan fingerprint density at radius 2 is 1.78 bits per heavy atom. The van der Waals surface area contributed by atoms with Crippen molar-refractivity contribution in [2.45, 2.75) is 54.9 Å². The summed E-state index contributed by atoms with van der Waals surface area (Å²) in [6, 6.07) is 10.7. The third kappa shape index (κ3) is 5.73. The number of carbonyl (C=O) groups excluding carboxylic acids is 2. The summed E-state index contributed by atoms with van der Waals surface area (Å²) in [5, 5.41) is 2.55. The van der Waals surface area contributed by atoms with Gasteiger partial charge in [-0.25, -0.2) is 8.42 Å². The SMILES string of the molecule is N[C@@H]1CC[C@H](N2CC[C@H](NC(=O)c3cccc(C(F)(F)F)c3)C2=O)[C@H](CS(=O)(=O)c2ccccc2)C1. The van der Waals surface area contributed by atoms with Crippen molar-refractivity contribution < 1.29 is 31.2 Å². The third-order valence-electron chi connectivity index (χ3n) is 6.92. The van der Waals surface area contributed by atoms with E-state index in [1.807, 2.05) is 0 Å². The number of sulfone groups is 1. The largest absolute Gasteiger partial charge is 0.416 e. The zero-order chi connectivity index (χ0) is 26.1. The zero-order valence-corrected chi connectivity index (χ0v) is 20.3. The second-order valence-electron chi connectivity index (χ2n) is 9.42. The van der Waals surface area contributed by atoms with Crippen molar-refractivity contribution in [2.24, 2.45) is 11.7 Å². The number of amides is 2. The summed E-state index contributed by atoms with van der Waals surface area (Å²) >= 11 is 0. The highest BCUT2D eigenvalue weighted by atomic mass is 32.2. The molecule has 0 spiro atoms. The molecule has 0 radical (unpaired) electrons. The number of likely N-dealkylation sites (tertiary alicyclic amines) is 1. The summed E-state index contributed by atoms with van der Waals surface area (Å²) in [4.78, 5) is 27.6. The molecular formula is C25H28F3N3O4S. The smallest absolute Gasteiger partial charge is 0.340 e. The van der Waals surface area contributed by atoms with Crippen LogP contribution in [-0.4, -0.2) is 55.6 Å². The van der Waals surface area contributed by atoms with Crippen LogP contribution < -0.4 is 11.1 Å². The fraction of sp³-hybridized carbons (Fsp3) is 0.440. The van der Waals surface area contributed by atoms with Gasteiger partial charge < -0.3 is 16.0 Å². The van der Waals surface area contributed by atoms with Gasteiger partial charge in [0.1, 0.15) is 6.04 Å². The molecule has 2 aromatic carbocycles. The first-order valence-electron chi connectivity index (χ1n) is 11.8. The molecule has 0 aromatic heterocycles. The van der Waals surface area contributed by atoms with Gasteiger partial charge in [0.25, 0.3) is 5.91 Å². The number of benzene rings is 2. The average Bonchev–Trinajstić information content (AvgIpc) is 3.19. The lowest BCUT2D eigenvalue weighted by molar-refractivity contribution is -0.137. The normalized spacial score (nSPS) is 25.1. The van der Waals surface area contributed by atoms with Crippen molar-refractivity contribution in [3.05, 3.63) is 65.7 Å². The van der Waals surface area contributed by atoms with Crippen LogP contribution in [0.15, 0.2) is 59.5 Å². The first kappa shape index (κ1) is 26.2. The number of halogens is 3. The molecule has 2 fully saturated rings. The van der Waals surface area contributed by atoms with E-state index in [0.29, 0.717) is 25.8 Å². The Hall–Kier alpha value is -2.92. The quantitative estimate of drug-likeness (QED) is 0.605. The van der Waals surface area contributed by atoms with Crippen LogP contribution in [0.3, 0.4) is 0 Å². The minimum atomic E-state index is -4.59. The van der Waals surface area contributed by atoms with Crippen molar-refractivity contribution in [2.75, 3.05) is 12.3 Å². The van der Waals surface area contributed by atoms with Gasteiger partial charge in [-0.3, -0.25) is 9.59 Å². The molecule has 0 bridgehead atoms. The number of alkyl halides is 3. The van der Waals surface area contributed by atoms with Crippen molar-refractivity contribution in [3.63, 3.8) is 0 Å². The molecule has 11 heteroatoms. The van der Waals surface area contributed by atoms with Gasteiger partial charge in [-0.2, -0.15) is 13.2 Å². The van der Waals surface area contributed by atoms with Crippen molar-refractivity contribution in [1.29, 1.82) is 0 Å². The van der Waals surface area contributed by atoms with Gasteiger partial charge in [-0.1, -0.05) is 24.3 Å². The molecule has 0 unspecified atom stereocenters. The summed E-state index contributed by atoms with van der Waals surface area (Å²) in [5.74, 6) is -1.66. The molecule has 194 valence electrons. The van der Waals surface area contributed by atoms with Crippen LogP contribution in [0.5, 0.6) is 0 Å². The van der Waals surface area contributed by atoms with Crippen LogP contribution in [0.4, 0.5) is 13.2 Å². The molecule has 4 rings (SSSR count). The number of nitrogens with zero attached hydrogens (tertiary/aromatic N) is 1. The third-order valence-corrected chi connectivity index (χ3v) is 8.77. The average molecular weight is 524 g/mol. The van der Waals surface area contributed by atoms with E-state index in [-0.39, 0.29) is 46.5 Å². The lowest BCUT2D eigenvalue weighted by atomic mass is 9.82. The van der Waals surface area contributed by atoms with Crippen LogP contribution in [-0.2, 0) is 20.8 Å². The van der Waals surface area contributed by atoms with Gasteiger partial charge in [-0.15, -0.1) is 0 Å². The maximum absolute atomic E-state index is 13.2. The fourth-order valence-electron chi connectivity index (χ4n) is 5.12. The van der Waals surface area contributed by atoms with E-state index in [9.17, 15) is 31.2 Å². The summed E-state index contributed by atoms with van der Waals surface area (Å²) in [7, 11) is -3.60. The van der Waals surface area contributed by atoms with Crippen molar-refractivity contribution in [1.82, 2.24) is 10.2 Å². The van der Waals surface area contributed by atoms with Gasteiger partial charge in [0.05, 0.1) is 16.2 Å². The van der Waals surface area contributed by atoms with E-state index >= 15 is 0 Å². The topological polar surface area (TPSA) is 110 Å². The Labute approximate surface area is 207 Å². The van der Waals surface area contributed by atoms with E-state index in [1.54, 1.807) is 23.1 Å². The first-order valence-corrected chi connectivity index (χ1v) is 13.4. The van der Waals surface area contributed by atoms with Crippen molar-refractivity contribution in [3.8, 4) is 0 Å². The number of nitrogens with one attached hydrogen (secondary N) is 1. The number of hydrogen-bond donors (Lipinski definition) is 2. The first-order chi connectivity index (χ1) is 17.0. The number of rotatable bonds is 6. The lowest BCUT2D eigenvalue weighted by Gasteiger charge is -2.40. The molecule has 36 heavy (non-hydrogen) atoms. The highest BCUT2D eigenvalue weighted by Crippen LogP contribution is 2.33. The number of carbonyl (C=O) groups is 2. The van der Waals surface area contributed by atoms with E-state index in [4.69, 9.17) is 5.73 Å². The summed E-state index contributed by atoms with van der Waals surface area (Å²) in [6.07, 6.45) is -2.69. The molecule has 1 aliphatic carbocycles. The zero-order valence-electron chi connectivity index (χ0n) is 19.4. The van der Waals surface area contributed by atoms with Crippen LogP contribution in [0, 0.1) is 5.92 Å². The van der Waals surface area contributed by atoms with E-state index in [0.717, 1.165) is 18.2 Å². The van der Waals surface area contributed by atoms with Gasteiger partial charge in [-0.05, 0) is 61.9 Å². The van der Waals surface area contributed by atoms with Gasteiger partial charge in [0, 0.05) is 24.2 Å². The maximum Gasteiger partial charge on any atom is 0.416 e. The van der Waals surface area contributed by atoms with Gasteiger partial charge in [0.15, 0.2) is 9.84 Å². The van der Waals surface area contributed by atoms with Crippen LogP contribution >= 0.6 is 0 Å².